The number of nitrogens with one attached hydrogen (secondary N) is 1. The van der Waals surface area contributed by atoms with Crippen molar-refractivity contribution in [2.24, 2.45) is 63.1 Å². The number of H-pyrrole nitrogens is 1. The zero-order valence-corrected chi connectivity index (χ0v) is 44.1. The van der Waals surface area contributed by atoms with E-state index in [1.165, 1.54) is 35.1 Å². The molecule has 1 aromatic carbocycles. The highest BCUT2D eigenvalue weighted by Gasteiger charge is 2.76. The number of aromatic amines is 1. The van der Waals surface area contributed by atoms with Crippen LogP contribution in [0.4, 0.5) is 0 Å². The van der Waals surface area contributed by atoms with Crippen molar-refractivity contribution in [3.05, 3.63) is 69.6 Å². The fraction of sp³-hybridized carbons (Fsp3) is 0.710. The summed E-state index contributed by atoms with van der Waals surface area (Å²) in [6.45, 7) is 22.6. The molecule has 3 N–H and O–H groups in total. The first-order valence-corrected chi connectivity index (χ1v) is 28.1. The summed E-state index contributed by atoms with van der Waals surface area (Å²) in [5, 5.41) is 26.0. The maximum absolute atomic E-state index is 16.0. The van der Waals surface area contributed by atoms with E-state index >= 15 is 9.59 Å². The van der Waals surface area contributed by atoms with Gasteiger partial charge in [0.25, 0.3) is 0 Å². The third-order valence-electron chi connectivity index (χ3n) is 21.9. The highest BCUT2D eigenvalue weighted by Crippen LogP contribution is 2.78. The number of unbranched alkanes of at least 4 members (excludes halogenated alkanes) is 2. The molecule has 4 saturated carbocycles. The summed E-state index contributed by atoms with van der Waals surface area (Å²) in [6, 6.07) is 9.35. The number of allylic oxidation sites excluding steroid dienone is 1. The summed E-state index contributed by atoms with van der Waals surface area (Å²) in [4.78, 5) is 34.9. The van der Waals surface area contributed by atoms with Crippen molar-refractivity contribution < 1.29 is 29.3 Å². The summed E-state index contributed by atoms with van der Waals surface area (Å²) in [7, 11) is 0. The Labute approximate surface area is 418 Å². The number of carbonyl (C=O) groups excluding carboxylic acids is 2. The number of ether oxygens (including phenoxy) is 2. The number of nitrogens with zero attached hydrogens (tertiary/aromatic N) is 1. The van der Waals surface area contributed by atoms with Gasteiger partial charge in [-0.05, 0) is 141 Å². The Kier molecular flexibility index (Phi) is 12.3. The van der Waals surface area contributed by atoms with E-state index in [0.29, 0.717) is 43.4 Å². The minimum Gasteiger partial charge on any atom is -0.392 e. The smallest absolute Gasteiger partial charge is 0.163 e. The number of aryl methyl sites for hydroxylation is 1. The van der Waals surface area contributed by atoms with E-state index in [1.54, 1.807) is 0 Å². The predicted octanol–water partition coefficient (Wildman–Crippen LogP) is 11.8. The van der Waals surface area contributed by atoms with Gasteiger partial charge in [0.05, 0.1) is 28.8 Å². The number of hydrogen-bond donors (Lipinski definition) is 3. The van der Waals surface area contributed by atoms with Gasteiger partial charge >= 0.3 is 0 Å². The monoisotopic (exact) mass is 953 g/mol. The van der Waals surface area contributed by atoms with Gasteiger partial charge in [0.2, 0.25) is 0 Å². The lowest BCUT2D eigenvalue weighted by Crippen LogP contribution is -2.71. The molecule has 13 atom stereocenters. The first kappa shape index (κ1) is 48.8. The zero-order chi connectivity index (χ0) is 49.3. The minimum absolute atomic E-state index is 0.0788. The van der Waals surface area contributed by atoms with E-state index in [1.807, 2.05) is 13.8 Å². The molecule has 378 valence electrons. The second-order valence-corrected chi connectivity index (χ2v) is 25.8. The molecule has 8 aliphatic rings. The number of ketones is 2. The van der Waals surface area contributed by atoms with Crippen LogP contribution in [0.2, 0.25) is 0 Å². The van der Waals surface area contributed by atoms with Crippen LogP contribution >= 0.6 is 0 Å². The lowest BCUT2D eigenvalue weighted by Gasteiger charge is -2.72. The fourth-order valence-corrected chi connectivity index (χ4v) is 18.3. The van der Waals surface area contributed by atoms with Gasteiger partial charge in [-0.1, -0.05) is 109 Å². The van der Waals surface area contributed by atoms with Gasteiger partial charge in [-0.2, -0.15) is 0 Å². The number of carbonyl (C=O) groups is 2. The molecule has 0 unspecified atom stereocenters. The minimum atomic E-state index is -0.782. The zero-order valence-electron chi connectivity index (χ0n) is 44.1. The van der Waals surface area contributed by atoms with Gasteiger partial charge in [-0.15, -0.1) is 0 Å². The second-order valence-electron chi connectivity index (χ2n) is 25.8. The first-order chi connectivity index (χ1) is 33.4. The van der Waals surface area contributed by atoms with Gasteiger partial charge in [0, 0.05) is 85.1 Å². The van der Waals surface area contributed by atoms with E-state index in [9.17, 15) is 10.2 Å². The Morgan fingerprint density at radius 3 is 2.44 bits per heavy atom. The van der Waals surface area contributed by atoms with Crippen molar-refractivity contribution in [1.29, 1.82) is 0 Å². The molecule has 8 nitrogen and oxygen atoms in total. The summed E-state index contributed by atoms with van der Waals surface area (Å²) in [6.07, 6.45) is 14.7. The molecular weight excluding hydrogens is 869 g/mol. The van der Waals surface area contributed by atoms with E-state index < -0.39 is 33.9 Å². The lowest BCUT2D eigenvalue weighted by atomic mass is 9.31. The highest BCUT2D eigenvalue weighted by molar-refractivity contribution is 6.03. The number of aromatic nitrogens is 2. The average Bonchev–Trinajstić information content (AvgIpc) is 3.85. The highest BCUT2D eigenvalue weighted by atomic mass is 16.6. The number of fused-ring (bicyclic) bond motifs is 7. The maximum atomic E-state index is 16.0. The second kappa shape index (κ2) is 17.6. The van der Waals surface area contributed by atoms with E-state index in [-0.39, 0.29) is 53.0 Å². The normalized spacial score (nSPS) is 38.0. The van der Waals surface area contributed by atoms with Crippen LogP contribution in [0, 0.1) is 81.8 Å². The average molecular weight is 953 g/mol. The van der Waals surface area contributed by atoms with Gasteiger partial charge in [0.15, 0.2) is 5.78 Å². The lowest BCUT2D eigenvalue weighted by molar-refractivity contribution is -0.242. The molecule has 3 aromatic rings. The van der Waals surface area contributed by atoms with E-state index in [0.717, 1.165) is 112 Å². The van der Waals surface area contributed by atoms with Gasteiger partial charge < -0.3 is 29.2 Å². The van der Waals surface area contributed by atoms with Crippen LogP contribution in [0.25, 0.3) is 11.0 Å². The molecule has 5 heterocycles. The number of Topliss-reactive ketones (excluding diaryl/α,β-unsaturated/α-hetero) is 2. The molecule has 6 fully saturated rings. The molecule has 8 heteroatoms. The molecule has 2 aromatic heterocycles. The molecule has 70 heavy (non-hydrogen) atoms. The summed E-state index contributed by atoms with van der Waals surface area (Å²) in [5.41, 5.74) is 8.26. The number of epoxide rings is 1. The van der Waals surface area contributed by atoms with Crippen LogP contribution in [0.3, 0.4) is 0 Å². The van der Waals surface area contributed by atoms with Gasteiger partial charge in [-0.3, -0.25) is 9.59 Å². The molecule has 5 aliphatic carbocycles. The Balaban J connectivity index is 1.12. The third kappa shape index (κ3) is 7.17. The van der Waals surface area contributed by atoms with Crippen molar-refractivity contribution >= 4 is 22.6 Å². The predicted molar refractivity (Wildman–Crippen MR) is 276 cm³/mol. The summed E-state index contributed by atoms with van der Waals surface area (Å²) in [5.74, 6) is 8.09. The Morgan fingerprint density at radius 2 is 1.73 bits per heavy atom. The molecule has 0 amide bonds. The number of aliphatic hydroxyl groups excluding tert-OH is 2. The van der Waals surface area contributed by atoms with Crippen LogP contribution in [0.5, 0.6) is 0 Å². The molecule has 0 radical (unpaired) electrons. The van der Waals surface area contributed by atoms with Crippen LogP contribution in [-0.4, -0.2) is 68.5 Å². The SMILES string of the molecule is CCCCC[C@@H]1C(=O)C([C@H](C)C[C@@H](O)[C@H]2OC2(C)C)=C2[C@@H]3Cn4c(c(Cc5cc(C)cc(C6CCOCC6)c5)c5[nH]ccc54)CC#C[C@@H]4CC(=O)[C@@](C)(C5CCCC5)[C@@H]5CC[C@@](C)([C@H]([C@@H]3O)[C@]45C)[C@]21C. The third-order valence-corrected chi connectivity index (χ3v) is 21.9. The van der Waals surface area contributed by atoms with Crippen molar-refractivity contribution in [3.8, 4) is 11.8 Å². The molecule has 3 aliphatic heterocycles. The quantitative estimate of drug-likeness (QED) is 0.0946. The maximum Gasteiger partial charge on any atom is 0.163 e. The van der Waals surface area contributed by atoms with Crippen LogP contribution < -0.4 is 0 Å². The van der Waals surface area contributed by atoms with Crippen molar-refractivity contribution in [2.75, 3.05) is 13.2 Å². The first-order valence-electron chi connectivity index (χ1n) is 28.1. The van der Waals surface area contributed by atoms with Gasteiger partial charge in [-0.25, -0.2) is 0 Å². The Morgan fingerprint density at radius 1 is 0.986 bits per heavy atom. The van der Waals surface area contributed by atoms with Crippen LogP contribution in [0.1, 0.15) is 179 Å². The van der Waals surface area contributed by atoms with Crippen LogP contribution in [0.15, 0.2) is 41.6 Å². The molecular formula is C62H84N2O6. The number of rotatable bonds is 12. The number of aliphatic hydroxyl groups is 2. The van der Waals surface area contributed by atoms with Crippen LogP contribution in [-0.2, 0) is 38.4 Å². The van der Waals surface area contributed by atoms with E-state index in [4.69, 9.17) is 9.47 Å². The number of benzene rings is 1. The molecule has 0 spiro atoms. The Hall–Kier alpha value is -3.48. The standard InChI is InChI=1S/C62H84N2O6/c1-10-11-12-19-45-55(68)51(37(3)31-48(65)57-58(4,5)70-57)52-44-35-64-46(43(53-47(64)22-26-63-53)33-38-29-36(2)30-40(32-38)39-23-27-69-28-24-39)20-15-18-42-34-50(66)60(7,41-16-13-14-17-41)49-21-25-59(6,62(45,52)9)56(54(44)67)61(42,49)8/h22,26,29-30,32,37,39,41-42,44-45,48-49,54,56-57,63,65,67H,10-14,16-17,19-21,23-25,27-28,31,33-35H2,1-9H3/t37-,42-,44+,45-,48-,49+,54-,56+,57-,59+,60+,61-,62+/m1/s1. The largest absolute Gasteiger partial charge is 0.392 e. The molecule has 11 rings (SSSR count). The summed E-state index contributed by atoms with van der Waals surface area (Å²) < 4.78 is 14.3. The van der Waals surface area contributed by atoms with E-state index in [2.05, 4.69) is 100 Å². The van der Waals surface area contributed by atoms with Crippen molar-refractivity contribution in [1.82, 2.24) is 9.55 Å². The van der Waals surface area contributed by atoms with Crippen molar-refractivity contribution in [2.45, 2.75) is 201 Å². The Bertz CT molecular complexity index is 2650. The van der Waals surface area contributed by atoms with Gasteiger partial charge in [0.1, 0.15) is 11.9 Å². The number of hydrogen-bond acceptors (Lipinski definition) is 6. The molecule has 2 bridgehead atoms. The van der Waals surface area contributed by atoms with Crippen molar-refractivity contribution in [3.63, 3.8) is 0 Å². The summed E-state index contributed by atoms with van der Waals surface area (Å²) >= 11 is 0. The topological polar surface area (TPSA) is 117 Å². The molecule has 2 saturated heterocycles. The fourth-order valence-electron chi connectivity index (χ4n) is 18.3.